The van der Waals surface area contributed by atoms with Crippen molar-refractivity contribution < 1.29 is 38.4 Å². The van der Waals surface area contributed by atoms with Crippen molar-refractivity contribution in [2.24, 2.45) is 0 Å². The van der Waals surface area contributed by atoms with Crippen LogP contribution in [0.1, 0.15) is 129 Å². The van der Waals surface area contributed by atoms with Crippen LogP contribution in [0.15, 0.2) is 0 Å². The van der Waals surface area contributed by atoms with E-state index in [1.54, 1.807) is 21.6 Å². The minimum atomic E-state index is -0.329. The molecule has 0 fully saturated rings. The Labute approximate surface area is 323 Å². The maximum absolute atomic E-state index is 12.0. The van der Waals surface area contributed by atoms with Crippen molar-refractivity contribution in [1.82, 2.24) is 16.0 Å². The van der Waals surface area contributed by atoms with Gasteiger partial charge in [-0.25, -0.2) is 0 Å². The summed E-state index contributed by atoms with van der Waals surface area (Å²) in [6, 6.07) is 0. The highest BCUT2D eigenvalue weighted by Gasteiger charge is 2.06. The average molecular weight is 784 g/mol. The van der Waals surface area contributed by atoms with Crippen LogP contribution in [0, 0.1) is 0 Å². The number of hydrogen-bond donors (Lipinski definition) is 5. The third kappa shape index (κ3) is 41.9. The highest BCUT2D eigenvalue weighted by molar-refractivity contribution is 8.77. The molecule has 3 amide bonds. The number of nitrogens with one attached hydrogen (secondary N) is 3. The van der Waals surface area contributed by atoms with Gasteiger partial charge in [0.15, 0.2) is 0 Å². The Kier molecular flexibility index (Phi) is 41.4. The van der Waals surface area contributed by atoms with Gasteiger partial charge in [-0.05, 0) is 25.7 Å². The SMILES string of the molecule is CCCCCCCCCCCCCCCCCC(=O)NCCOCCOCC(=O)NCCOCCOCC(=O)NCCCC[C@H](O)CSSCS. The third-order valence-corrected chi connectivity index (χ3v) is 11.0. The summed E-state index contributed by atoms with van der Waals surface area (Å²) in [5, 5.41) is 19.0. The van der Waals surface area contributed by atoms with E-state index in [9.17, 15) is 19.5 Å². The van der Waals surface area contributed by atoms with E-state index in [0.29, 0.717) is 64.8 Å². The molecule has 0 rings (SSSR count). The molecular weight excluding hydrogens is 711 g/mol. The van der Waals surface area contributed by atoms with Gasteiger partial charge in [0.05, 0.1) is 45.7 Å². The molecule has 0 saturated carbocycles. The molecule has 1 atom stereocenters. The van der Waals surface area contributed by atoms with Crippen molar-refractivity contribution in [1.29, 1.82) is 0 Å². The minimum Gasteiger partial charge on any atom is -0.392 e. The molecule has 0 saturated heterocycles. The molecule has 14 heteroatoms. The van der Waals surface area contributed by atoms with E-state index in [-0.39, 0.29) is 43.6 Å². The van der Waals surface area contributed by atoms with Crippen LogP contribution < -0.4 is 16.0 Å². The Balaban J connectivity index is 3.33. The van der Waals surface area contributed by atoms with Gasteiger partial charge in [0.1, 0.15) is 13.2 Å². The average Bonchev–Trinajstić information content (AvgIpc) is 3.12. The standard InChI is InChI=1S/C37H73N3O8S3/c1-2-3-4-5-6-7-8-9-10-11-12-13-14-15-16-20-35(42)39-22-24-45-26-29-48-31-37(44)40-23-25-46-27-28-47-30-36(43)38-21-18-17-19-34(41)32-50-51-33-49/h34,41,49H,2-33H2,1H3,(H,38,43)(H,39,42)(H,40,44)/t34-/m0/s1. The quantitative estimate of drug-likeness (QED) is 0.0203. The first-order chi connectivity index (χ1) is 25.0. The molecule has 0 aromatic rings. The summed E-state index contributed by atoms with van der Waals surface area (Å²) >= 11 is 4.11. The van der Waals surface area contributed by atoms with Crippen molar-refractivity contribution in [3.63, 3.8) is 0 Å². The summed E-state index contributed by atoms with van der Waals surface area (Å²) < 4.78 is 21.5. The first-order valence-corrected chi connectivity index (χ1v) is 22.8. The van der Waals surface area contributed by atoms with Crippen molar-refractivity contribution in [2.75, 3.05) is 83.3 Å². The normalized spacial score (nSPS) is 11.8. The van der Waals surface area contributed by atoms with Crippen LogP contribution in [0.2, 0.25) is 0 Å². The summed E-state index contributed by atoms with van der Waals surface area (Å²) in [6.45, 7) is 5.52. The molecule has 11 nitrogen and oxygen atoms in total. The van der Waals surface area contributed by atoms with Crippen molar-refractivity contribution in [3.8, 4) is 0 Å². The number of thiol groups is 1. The summed E-state index contributed by atoms with van der Waals surface area (Å²) in [6.07, 6.45) is 22.3. The van der Waals surface area contributed by atoms with Gasteiger partial charge in [-0.2, -0.15) is 12.6 Å². The molecule has 0 aromatic heterocycles. The van der Waals surface area contributed by atoms with Gasteiger partial charge < -0.3 is 40.0 Å². The van der Waals surface area contributed by atoms with Crippen molar-refractivity contribution in [3.05, 3.63) is 0 Å². The van der Waals surface area contributed by atoms with Gasteiger partial charge in [-0.1, -0.05) is 118 Å². The zero-order chi connectivity index (χ0) is 37.3. The second kappa shape index (κ2) is 42.0. The van der Waals surface area contributed by atoms with E-state index in [0.717, 1.165) is 37.2 Å². The lowest BCUT2D eigenvalue weighted by atomic mass is 10.0. The zero-order valence-electron chi connectivity index (χ0n) is 31.8. The lowest BCUT2D eigenvalue weighted by molar-refractivity contribution is -0.127. The number of amides is 3. The fraction of sp³-hybridized carbons (Fsp3) is 0.919. The minimum absolute atomic E-state index is 0.0322. The lowest BCUT2D eigenvalue weighted by Crippen LogP contribution is -2.31. The Morgan fingerprint density at radius 1 is 0.549 bits per heavy atom. The molecule has 51 heavy (non-hydrogen) atoms. The first kappa shape index (κ1) is 50.3. The molecule has 4 N–H and O–H groups in total. The van der Waals surface area contributed by atoms with Gasteiger partial charge in [-0.15, -0.1) is 0 Å². The lowest BCUT2D eigenvalue weighted by Gasteiger charge is -2.10. The fourth-order valence-electron chi connectivity index (χ4n) is 5.12. The number of hydrogen-bond acceptors (Lipinski definition) is 11. The summed E-state index contributed by atoms with van der Waals surface area (Å²) in [4.78, 5) is 35.7. The molecule has 0 unspecified atom stereocenters. The van der Waals surface area contributed by atoms with E-state index < -0.39 is 0 Å². The van der Waals surface area contributed by atoms with E-state index in [4.69, 9.17) is 18.9 Å². The maximum atomic E-state index is 12.0. The summed E-state index contributed by atoms with van der Waals surface area (Å²) in [5.41, 5.74) is 0. The predicted octanol–water partition coefficient (Wildman–Crippen LogP) is 6.46. The topological polar surface area (TPSA) is 144 Å². The van der Waals surface area contributed by atoms with Crippen LogP contribution in [0.3, 0.4) is 0 Å². The van der Waals surface area contributed by atoms with Gasteiger partial charge in [0, 0.05) is 36.9 Å². The summed E-state index contributed by atoms with van der Waals surface area (Å²) in [7, 11) is 3.24. The highest BCUT2D eigenvalue weighted by atomic mass is 33.1. The molecule has 0 aliphatic carbocycles. The van der Waals surface area contributed by atoms with E-state index >= 15 is 0 Å². The molecule has 302 valence electrons. The number of rotatable bonds is 41. The van der Waals surface area contributed by atoms with Crippen LogP contribution in [-0.4, -0.2) is 112 Å². The molecule has 0 spiro atoms. The van der Waals surface area contributed by atoms with Crippen LogP contribution in [0.4, 0.5) is 0 Å². The number of carbonyl (C=O) groups is 3. The first-order valence-electron chi connectivity index (χ1n) is 19.6. The van der Waals surface area contributed by atoms with Crippen molar-refractivity contribution >= 4 is 51.9 Å². The monoisotopic (exact) mass is 783 g/mol. The molecule has 0 bridgehead atoms. The van der Waals surface area contributed by atoms with Gasteiger partial charge in [0.25, 0.3) is 0 Å². The second-order valence-electron chi connectivity index (χ2n) is 12.8. The Morgan fingerprint density at radius 2 is 1.00 bits per heavy atom. The number of aliphatic hydroxyl groups is 1. The third-order valence-electron chi connectivity index (χ3n) is 8.04. The van der Waals surface area contributed by atoms with Crippen LogP contribution in [-0.2, 0) is 33.3 Å². The second-order valence-corrected chi connectivity index (χ2v) is 16.0. The smallest absolute Gasteiger partial charge is 0.246 e. The molecular formula is C37H73N3O8S3. The van der Waals surface area contributed by atoms with E-state index in [2.05, 4.69) is 35.5 Å². The van der Waals surface area contributed by atoms with Crippen LogP contribution in [0.5, 0.6) is 0 Å². The van der Waals surface area contributed by atoms with Crippen LogP contribution in [0.25, 0.3) is 0 Å². The van der Waals surface area contributed by atoms with Gasteiger partial charge in [-0.3, -0.25) is 14.4 Å². The Hall–Kier alpha value is -0.740. The Morgan fingerprint density at radius 3 is 1.51 bits per heavy atom. The number of aliphatic hydroxyl groups excluding tert-OH is 1. The summed E-state index contributed by atoms with van der Waals surface area (Å²) in [5.74, 6) is 0.347. The predicted molar refractivity (Wildman–Crippen MR) is 216 cm³/mol. The van der Waals surface area contributed by atoms with E-state index in [1.807, 2.05) is 0 Å². The molecule has 0 radical (unpaired) electrons. The largest absolute Gasteiger partial charge is 0.392 e. The molecule has 0 heterocycles. The van der Waals surface area contributed by atoms with Gasteiger partial charge in [0.2, 0.25) is 17.7 Å². The number of ether oxygens (including phenoxy) is 4. The molecule has 0 aliphatic heterocycles. The maximum Gasteiger partial charge on any atom is 0.246 e. The molecule has 0 aromatic carbocycles. The fourth-order valence-corrected chi connectivity index (χ4v) is 7.27. The van der Waals surface area contributed by atoms with Gasteiger partial charge >= 0.3 is 0 Å². The zero-order valence-corrected chi connectivity index (χ0v) is 34.3. The van der Waals surface area contributed by atoms with Crippen molar-refractivity contribution in [2.45, 2.75) is 135 Å². The number of unbranched alkanes of at least 4 members (excludes halogenated alkanes) is 15. The highest BCUT2D eigenvalue weighted by Crippen LogP contribution is 2.23. The van der Waals surface area contributed by atoms with Crippen LogP contribution >= 0.6 is 34.2 Å². The number of carbonyl (C=O) groups excluding carboxylic acids is 3. The molecule has 0 aliphatic rings. The van der Waals surface area contributed by atoms with E-state index in [1.165, 1.54) is 83.5 Å². The Bertz CT molecular complexity index is 789.